The highest BCUT2D eigenvalue weighted by molar-refractivity contribution is 9.10. The number of carbonyl (C=O) groups is 2. The molecule has 0 aliphatic rings. The summed E-state index contributed by atoms with van der Waals surface area (Å²) in [5.74, 6) is -1.71. The van der Waals surface area contributed by atoms with Crippen molar-refractivity contribution in [1.29, 1.82) is 0 Å². The fourth-order valence-corrected chi connectivity index (χ4v) is 3.49. The largest absolute Gasteiger partial charge is 0.345 e. The van der Waals surface area contributed by atoms with Crippen LogP contribution in [0.1, 0.15) is 16.2 Å². The van der Waals surface area contributed by atoms with Gasteiger partial charge >= 0.3 is 0 Å². The average molecular weight is 496 g/mol. The summed E-state index contributed by atoms with van der Waals surface area (Å²) in [7, 11) is 1.68. The first-order chi connectivity index (χ1) is 14.3. The quantitative estimate of drug-likeness (QED) is 0.489. The summed E-state index contributed by atoms with van der Waals surface area (Å²) in [5, 5.41) is 13.5. The van der Waals surface area contributed by atoms with Crippen LogP contribution in [0.25, 0.3) is 0 Å². The standard InChI is InChI=1S/C19H16BrF2N5O2S/c1-27-16(9-23-18(29)12-4-2-3-5-13(12)21)25-26-19(27)30-10-17(28)24-15-7-6-11(20)8-14(15)22/h2-8H,9-10H2,1H3,(H,23,29)(H,24,28). The van der Waals surface area contributed by atoms with Gasteiger partial charge in [-0.2, -0.15) is 0 Å². The number of anilines is 1. The number of rotatable bonds is 7. The highest BCUT2D eigenvalue weighted by Gasteiger charge is 2.15. The van der Waals surface area contributed by atoms with E-state index in [1.807, 2.05) is 0 Å². The number of amides is 2. The average Bonchev–Trinajstić information content (AvgIpc) is 3.06. The summed E-state index contributed by atoms with van der Waals surface area (Å²) in [5.41, 5.74) is 0.0180. The smallest absolute Gasteiger partial charge is 0.254 e. The van der Waals surface area contributed by atoms with Gasteiger partial charge in [-0.1, -0.05) is 39.8 Å². The van der Waals surface area contributed by atoms with Crippen LogP contribution >= 0.6 is 27.7 Å². The van der Waals surface area contributed by atoms with Gasteiger partial charge in [0.1, 0.15) is 11.6 Å². The Morgan fingerprint density at radius 3 is 2.63 bits per heavy atom. The van der Waals surface area contributed by atoms with Gasteiger partial charge < -0.3 is 15.2 Å². The summed E-state index contributed by atoms with van der Waals surface area (Å²) in [6, 6.07) is 10.00. The van der Waals surface area contributed by atoms with Gasteiger partial charge in [0.05, 0.1) is 23.5 Å². The first kappa shape index (κ1) is 21.9. The first-order valence-corrected chi connectivity index (χ1v) is 10.4. The maximum absolute atomic E-state index is 13.8. The van der Waals surface area contributed by atoms with Gasteiger partial charge in [-0.25, -0.2) is 8.78 Å². The molecule has 0 atom stereocenters. The molecular weight excluding hydrogens is 480 g/mol. The van der Waals surface area contributed by atoms with Gasteiger partial charge in [-0.3, -0.25) is 9.59 Å². The molecule has 0 radical (unpaired) electrons. The van der Waals surface area contributed by atoms with Crippen LogP contribution in [0.4, 0.5) is 14.5 Å². The Morgan fingerprint density at radius 1 is 1.13 bits per heavy atom. The number of carbonyl (C=O) groups excluding carboxylic acids is 2. The summed E-state index contributed by atoms with van der Waals surface area (Å²) in [6.07, 6.45) is 0. The SMILES string of the molecule is Cn1c(CNC(=O)c2ccccc2F)nnc1SCC(=O)Nc1ccc(Br)cc1F. The van der Waals surface area contributed by atoms with Crippen molar-refractivity contribution in [3.8, 4) is 0 Å². The molecule has 0 saturated heterocycles. The number of nitrogens with zero attached hydrogens (tertiary/aromatic N) is 3. The van der Waals surface area contributed by atoms with Gasteiger partial charge in [-0.15, -0.1) is 10.2 Å². The molecule has 0 fully saturated rings. The molecule has 3 rings (SSSR count). The monoisotopic (exact) mass is 495 g/mol. The van der Waals surface area contributed by atoms with Crippen LogP contribution in [-0.4, -0.2) is 32.3 Å². The molecule has 30 heavy (non-hydrogen) atoms. The van der Waals surface area contributed by atoms with E-state index in [1.54, 1.807) is 23.7 Å². The topological polar surface area (TPSA) is 88.9 Å². The molecule has 0 saturated carbocycles. The number of benzene rings is 2. The number of hydrogen-bond acceptors (Lipinski definition) is 5. The normalized spacial score (nSPS) is 10.7. The second-order valence-electron chi connectivity index (χ2n) is 6.08. The van der Waals surface area contributed by atoms with E-state index in [0.29, 0.717) is 15.5 Å². The Kier molecular flexibility index (Phi) is 7.16. The molecule has 0 unspecified atom stereocenters. The summed E-state index contributed by atoms with van der Waals surface area (Å²) < 4.78 is 29.6. The Balaban J connectivity index is 1.54. The van der Waals surface area contributed by atoms with Crippen LogP contribution in [0.3, 0.4) is 0 Å². The molecular formula is C19H16BrF2N5O2S. The lowest BCUT2D eigenvalue weighted by molar-refractivity contribution is -0.113. The van der Waals surface area contributed by atoms with Gasteiger partial charge in [-0.05, 0) is 30.3 Å². The molecule has 3 aromatic rings. The number of halogens is 3. The van der Waals surface area contributed by atoms with Crippen molar-refractivity contribution >= 4 is 45.2 Å². The van der Waals surface area contributed by atoms with Crippen LogP contribution in [0.5, 0.6) is 0 Å². The zero-order valence-electron chi connectivity index (χ0n) is 15.7. The molecule has 156 valence electrons. The number of aromatic nitrogens is 3. The molecule has 2 amide bonds. The predicted octanol–water partition coefficient (Wildman–Crippen LogP) is 3.52. The van der Waals surface area contributed by atoms with Crippen molar-refractivity contribution in [2.24, 2.45) is 7.05 Å². The van der Waals surface area contributed by atoms with Crippen LogP contribution in [0.2, 0.25) is 0 Å². The van der Waals surface area contributed by atoms with Crippen LogP contribution in [-0.2, 0) is 18.4 Å². The van der Waals surface area contributed by atoms with Crippen LogP contribution in [0.15, 0.2) is 52.1 Å². The maximum Gasteiger partial charge on any atom is 0.254 e. The van der Waals surface area contributed by atoms with E-state index in [2.05, 4.69) is 36.8 Å². The van der Waals surface area contributed by atoms with Gasteiger partial charge in [0.2, 0.25) is 5.91 Å². The first-order valence-electron chi connectivity index (χ1n) is 8.64. The van der Waals surface area contributed by atoms with Crippen molar-refractivity contribution in [2.45, 2.75) is 11.7 Å². The number of hydrogen-bond donors (Lipinski definition) is 2. The fourth-order valence-electron chi connectivity index (χ4n) is 2.43. The van der Waals surface area contributed by atoms with Crippen molar-refractivity contribution < 1.29 is 18.4 Å². The molecule has 0 aliphatic heterocycles. The minimum atomic E-state index is -0.613. The van der Waals surface area contributed by atoms with Crippen molar-refractivity contribution in [3.05, 3.63) is 70.0 Å². The van der Waals surface area contributed by atoms with E-state index < -0.39 is 23.4 Å². The molecule has 0 bridgehead atoms. The third-order valence-corrected chi connectivity index (χ3v) is 5.50. The Morgan fingerprint density at radius 2 is 1.90 bits per heavy atom. The van der Waals surface area contributed by atoms with Gasteiger partial charge in [0.25, 0.3) is 5.91 Å². The lowest BCUT2D eigenvalue weighted by Gasteiger charge is -2.08. The van der Waals surface area contributed by atoms with E-state index in [9.17, 15) is 18.4 Å². The minimum Gasteiger partial charge on any atom is -0.345 e. The molecule has 0 aliphatic carbocycles. The number of thioether (sulfide) groups is 1. The van der Waals surface area contributed by atoms with Gasteiger partial charge in [0.15, 0.2) is 11.0 Å². The second-order valence-corrected chi connectivity index (χ2v) is 7.94. The van der Waals surface area contributed by atoms with Crippen molar-refractivity contribution in [3.63, 3.8) is 0 Å². The molecule has 1 aromatic heterocycles. The Bertz CT molecular complexity index is 1090. The summed E-state index contributed by atoms with van der Waals surface area (Å²) in [6.45, 7) is 0.0352. The summed E-state index contributed by atoms with van der Waals surface area (Å²) >= 11 is 4.26. The highest BCUT2D eigenvalue weighted by Crippen LogP contribution is 2.21. The Labute approximate surface area is 183 Å². The van der Waals surface area contributed by atoms with E-state index >= 15 is 0 Å². The van der Waals surface area contributed by atoms with Gasteiger partial charge in [0, 0.05) is 11.5 Å². The molecule has 1 heterocycles. The zero-order valence-corrected chi connectivity index (χ0v) is 18.1. The molecule has 2 N–H and O–H groups in total. The minimum absolute atomic E-state index is 0.0109. The zero-order chi connectivity index (χ0) is 21.7. The third-order valence-electron chi connectivity index (χ3n) is 3.99. The van der Waals surface area contributed by atoms with E-state index in [4.69, 9.17) is 0 Å². The van der Waals surface area contributed by atoms with Crippen LogP contribution < -0.4 is 10.6 Å². The van der Waals surface area contributed by atoms with E-state index in [-0.39, 0.29) is 23.5 Å². The molecule has 2 aromatic carbocycles. The lowest BCUT2D eigenvalue weighted by Crippen LogP contribution is -2.25. The van der Waals surface area contributed by atoms with Crippen molar-refractivity contribution in [2.75, 3.05) is 11.1 Å². The lowest BCUT2D eigenvalue weighted by atomic mass is 10.2. The highest BCUT2D eigenvalue weighted by atomic mass is 79.9. The summed E-state index contributed by atoms with van der Waals surface area (Å²) in [4.78, 5) is 24.2. The second kappa shape index (κ2) is 9.81. The molecule has 11 heteroatoms. The molecule has 7 nitrogen and oxygen atoms in total. The van der Waals surface area contributed by atoms with Crippen LogP contribution in [0, 0.1) is 11.6 Å². The fraction of sp³-hybridized carbons (Fsp3) is 0.158. The van der Waals surface area contributed by atoms with E-state index in [0.717, 1.165) is 11.8 Å². The third kappa shape index (κ3) is 5.42. The predicted molar refractivity (Wildman–Crippen MR) is 112 cm³/mol. The Hall–Kier alpha value is -2.79. The molecule has 0 spiro atoms. The maximum atomic E-state index is 13.8. The van der Waals surface area contributed by atoms with E-state index in [1.165, 1.54) is 30.3 Å². The van der Waals surface area contributed by atoms with Crippen molar-refractivity contribution in [1.82, 2.24) is 20.1 Å². The number of nitrogens with one attached hydrogen (secondary N) is 2.